The molecule has 10 heteroatoms. The number of amides is 2. The molecular weight excluding hydrogens is 484 g/mol. The van der Waals surface area contributed by atoms with Gasteiger partial charge < -0.3 is 14.8 Å². The van der Waals surface area contributed by atoms with E-state index in [4.69, 9.17) is 9.47 Å². The Bertz CT molecular complexity index is 1250. The third-order valence-electron chi connectivity index (χ3n) is 5.76. The highest BCUT2D eigenvalue weighted by molar-refractivity contribution is 6.00. The van der Waals surface area contributed by atoms with Gasteiger partial charge in [0, 0.05) is 16.8 Å². The number of aryl methyl sites for hydroxylation is 1. The van der Waals surface area contributed by atoms with Gasteiger partial charge in [0.05, 0.1) is 14.2 Å². The number of methoxy groups -OCH3 is 2. The summed E-state index contributed by atoms with van der Waals surface area (Å²) in [5.41, 5.74) is 1.91. The van der Waals surface area contributed by atoms with Crippen LogP contribution in [0.3, 0.4) is 0 Å². The molecule has 10 nitrogen and oxygen atoms in total. The first-order chi connectivity index (χ1) is 17.9. The second kappa shape index (κ2) is 12.1. The number of carbonyl (C=O) groups excluding carboxylic acids is 2. The molecule has 0 bridgehead atoms. The Hall–Kier alpha value is -3.95. The zero-order valence-corrected chi connectivity index (χ0v) is 23.5. The van der Waals surface area contributed by atoms with Gasteiger partial charge in [-0.05, 0) is 75.6 Å². The molecule has 0 spiro atoms. The van der Waals surface area contributed by atoms with Crippen molar-refractivity contribution in [2.45, 2.75) is 66.1 Å². The molecule has 38 heavy (non-hydrogen) atoms. The number of nitrogens with zero attached hydrogens (tertiary/aromatic N) is 5. The minimum absolute atomic E-state index is 0.174. The third-order valence-corrected chi connectivity index (χ3v) is 5.76. The van der Waals surface area contributed by atoms with Gasteiger partial charge in [-0.3, -0.25) is 14.5 Å². The van der Waals surface area contributed by atoms with Crippen molar-refractivity contribution in [2.24, 2.45) is 5.92 Å². The van der Waals surface area contributed by atoms with Gasteiger partial charge in [-0.25, -0.2) is 0 Å². The Morgan fingerprint density at radius 3 is 2.26 bits per heavy atom. The summed E-state index contributed by atoms with van der Waals surface area (Å²) in [6.45, 7) is 11.6. The molecule has 0 aliphatic heterocycles. The topological polar surface area (TPSA) is 111 Å². The quantitative estimate of drug-likeness (QED) is 0.428. The van der Waals surface area contributed by atoms with Crippen LogP contribution < -0.4 is 19.7 Å². The van der Waals surface area contributed by atoms with Crippen molar-refractivity contribution in [3.63, 3.8) is 0 Å². The molecule has 0 saturated heterocycles. The Balaban J connectivity index is 1.94. The Labute approximate surface area is 224 Å². The molecule has 0 unspecified atom stereocenters. The lowest BCUT2D eigenvalue weighted by molar-refractivity contribution is -0.128. The molecular formula is C28H38N6O4. The second-order valence-corrected chi connectivity index (χ2v) is 10.7. The molecule has 3 rings (SSSR count). The molecule has 3 aromatic rings. The van der Waals surface area contributed by atoms with E-state index in [1.54, 1.807) is 37.3 Å². The standard InChI is InChI=1S/C28H38N6O4/c1-18(2)15-22(27(36)29-28(4,5)6)34(21-12-9-19(3)10-13-21)25(35)17-33-31-26(30-32-33)20-11-14-23(37-7)24(16-20)38-8/h9-14,16,18,22H,15,17H2,1-8H3,(H,29,36)/t22-/m1/s1. The Kier molecular flexibility index (Phi) is 9.08. The molecule has 1 heterocycles. The summed E-state index contributed by atoms with van der Waals surface area (Å²) in [7, 11) is 3.11. The number of hydrogen-bond donors (Lipinski definition) is 1. The van der Waals surface area contributed by atoms with Crippen LogP contribution in [0.15, 0.2) is 42.5 Å². The molecule has 204 valence electrons. The summed E-state index contributed by atoms with van der Waals surface area (Å²) < 4.78 is 10.7. The van der Waals surface area contributed by atoms with Crippen molar-refractivity contribution in [3.8, 4) is 22.9 Å². The van der Waals surface area contributed by atoms with Crippen molar-refractivity contribution in [3.05, 3.63) is 48.0 Å². The molecule has 0 aliphatic carbocycles. The van der Waals surface area contributed by atoms with E-state index in [2.05, 4.69) is 20.7 Å². The first-order valence-corrected chi connectivity index (χ1v) is 12.6. The van der Waals surface area contributed by atoms with E-state index < -0.39 is 11.6 Å². The average molecular weight is 523 g/mol. The number of tetrazole rings is 1. The number of hydrogen-bond acceptors (Lipinski definition) is 7. The van der Waals surface area contributed by atoms with Gasteiger partial charge in [-0.2, -0.15) is 4.80 Å². The number of nitrogens with one attached hydrogen (secondary N) is 1. The van der Waals surface area contributed by atoms with Crippen LogP contribution in [0.5, 0.6) is 11.5 Å². The summed E-state index contributed by atoms with van der Waals surface area (Å²) in [6, 6.07) is 12.1. The number of benzene rings is 2. The van der Waals surface area contributed by atoms with E-state index in [-0.39, 0.29) is 24.3 Å². The highest BCUT2D eigenvalue weighted by Crippen LogP contribution is 2.31. The van der Waals surface area contributed by atoms with Crippen LogP contribution in [-0.4, -0.2) is 57.8 Å². The summed E-state index contributed by atoms with van der Waals surface area (Å²) in [5, 5.41) is 15.7. The van der Waals surface area contributed by atoms with E-state index in [1.165, 1.54) is 4.80 Å². The summed E-state index contributed by atoms with van der Waals surface area (Å²) in [5.74, 6) is 1.09. The highest BCUT2D eigenvalue weighted by atomic mass is 16.5. The zero-order chi connectivity index (χ0) is 28.0. The predicted molar refractivity (Wildman–Crippen MR) is 146 cm³/mol. The Morgan fingerprint density at radius 1 is 1.03 bits per heavy atom. The van der Waals surface area contributed by atoms with Crippen molar-refractivity contribution in [1.29, 1.82) is 0 Å². The Morgan fingerprint density at radius 2 is 1.68 bits per heavy atom. The maximum atomic E-state index is 13.8. The van der Waals surface area contributed by atoms with Crippen LogP contribution in [0.4, 0.5) is 5.69 Å². The van der Waals surface area contributed by atoms with Gasteiger partial charge in [0.25, 0.3) is 5.91 Å². The lowest BCUT2D eigenvalue weighted by Crippen LogP contribution is -2.55. The molecule has 0 saturated carbocycles. The molecule has 0 aliphatic rings. The molecule has 0 fully saturated rings. The zero-order valence-electron chi connectivity index (χ0n) is 23.5. The monoisotopic (exact) mass is 522 g/mol. The molecule has 2 amide bonds. The van der Waals surface area contributed by atoms with E-state index in [1.807, 2.05) is 65.8 Å². The first kappa shape index (κ1) is 28.6. The van der Waals surface area contributed by atoms with Crippen molar-refractivity contribution in [1.82, 2.24) is 25.5 Å². The van der Waals surface area contributed by atoms with Crippen LogP contribution in [0, 0.1) is 12.8 Å². The third kappa shape index (κ3) is 7.30. The molecule has 1 N–H and O–H groups in total. The molecule has 1 aromatic heterocycles. The molecule has 1 atom stereocenters. The van der Waals surface area contributed by atoms with Crippen LogP contribution in [0.1, 0.15) is 46.6 Å². The molecule has 0 radical (unpaired) electrons. The number of aromatic nitrogens is 4. The maximum absolute atomic E-state index is 13.8. The first-order valence-electron chi connectivity index (χ1n) is 12.6. The normalized spacial score (nSPS) is 12.2. The lowest BCUT2D eigenvalue weighted by atomic mass is 9.98. The summed E-state index contributed by atoms with van der Waals surface area (Å²) in [6.07, 6.45) is 0.489. The van der Waals surface area contributed by atoms with Gasteiger partial charge in [0.1, 0.15) is 12.6 Å². The highest BCUT2D eigenvalue weighted by Gasteiger charge is 2.34. The minimum Gasteiger partial charge on any atom is -0.493 e. The minimum atomic E-state index is -0.710. The lowest BCUT2D eigenvalue weighted by Gasteiger charge is -2.34. The van der Waals surface area contributed by atoms with Gasteiger partial charge in [-0.15, -0.1) is 10.2 Å². The number of rotatable bonds is 10. The number of ether oxygens (including phenoxy) is 2. The van der Waals surface area contributed by atoms with E-state index in [0.717, 1.165) is 5.56 Å². The fraction of sp³-hybridized carbons (Fsp3) is 0.464. The SMILES string of the molecule is COc1ccc(-c2nnn(CC(=O)N(c3ccc(C)cc3)[C@H](CC(C)C)C(=O)NC(C)(C)C)n2)cc1OC. The maximum Gasteiger partial charge on any atom is 0.251 e. The van der Waals surface area contributed by atoms with Gasteiger partial charge in [-0.1, -0.05) is 31.5 Å². The number of anilines is 1. The van der Waals surface area contributed by atoms with E-state index in [0.29, 0.717) is 35.0 Å². The summed E-state index contributed by atoms with van der Waals surface area (Å²) in [4.78, 5) is 30.1. The summed E-state index contributed by atoms with van der Waals surface area (Å²) >= 11 is 0. The van der Waals surface area contributed by atoms with Crippen LogP contribution in [-0.2, 0) is 16.1 Å². The van der Waals surface area contributed by atoms with Crippen LogP contribution >= 0.6 is 0 Å². The van der Waals surface area contributed by atoms with Gasteiger partial charge in [0.15, 0.2) is 11.5 Å². The van der Waals surface area contributed by atoms with Crippen molar-refractivity contribution in [2.75, 3.05) is 19.1 Å². The van der Waals surface area contributed by atoms with Crippen LogP contribution in [0.2, 0.25) is 0 Å². The predicted octanol–water partition coefficient (Wildman–Crippen LogP) is 4.03. The fourth-order valence-electron chi connectivity index (χ4n) is 4.03. The van der Waals surface area contributed by atoms with Crippen LogP contribution in [0.25, 0.3) is 11.4 Å². The van der Waals surface area contributed by atoms with Gasteiger partial charge in [0.2, 0.25) is 11.7 Å². The van der Waals surface area contributed by atoms with Crippen molar-refractivity contribution < 1.29 is 19.1 Å². The largest absolute Gasteiger partial charge is 0.493 e. The van der Waals surface area contributed by atoms with E-state index >= 15 is 0 Å². The second-order valence-electron chi connectivity index (χ2n) is 10.7. The fourth-order valence-corrected chi connectivity index (χ4v) is 4.03. The average Bonchev–Trinajstić information content (AvgIpc) is 3.31. The molecule has 2 aromatic carbocycles. The smallest absolute Gasteiger partial charge is 0.251 e. The van der Waals surface area contributed by atoms with E-state index in [9.17, 15) is 9.59 Å². The number of carbonyl (C=O) groups is 2. The van der Waals surface area contributed by atoms with Gasteiger partial charge >= 0.3 is 0 Å². The van der Waals surface area contributed by atoms with Crippen molar-refractivity contribution >= 4 is 17.5 Å².